The Labute approximate surface area is 78.6 Å². The second-order valence-corrected chi connectivity index (χ2v) is 3.52. The van der Waals surface area contributed by atoms with Gasteiger partial charge in [0.05, 0.1) is 0 Å². The molecule has 0 fully saturated rings. The number of rotatable bonds is 2. The minimum atomic E-state index is -1.43. The van der Waals surface area contributed by atoms with Crippen LogP contribution in [0.15, 0.2) is 12.3 Å². The lowest BCUT2D eigenvalue weighted by molar-refractivity contribution is 0.425. The highest BCUT2D eigenvalue weighted by atomic mass is 16.4. The summed E-state index contributed by atoms with van der Waals surface area (Å²) < 4.78 is 0. The average molecular weight is 179 g/mol. The number of hydrogen-bond acceptors (Lipinski definition) is 3. The minimum absolute atomic E-state index is 0.206. The lowest BCUT2D eigenvalue weighted by Crippen LogP contribution is -2.34. The Morgan fingerprint density at radius 2 is 2.00 bits per heavy atom. The quantitative estimate of drug-likeness (QED) is 0.637. The molecule has 0 atom stereocenters. The van der Waals surface area contributed by atoms with Gasteiger partial charge < -0.3 is 10.0 Å². The molecule has 3 nitrogen and oxygen atoms in total. The van der Waals surface area contributed by atoms with Crippen LogP contribution in [0.1, 0.15) is 31.0 Å². The summed E-state index contributed by atoms with van der Waals surface area (Å²) >= 11 is 0. The van der Waals surface area contributed by atoms with Gasteiger partial charge >= 0.3 is 7.12 Å². The highest BCUT2D eigenvalue weighted by Crippen LogP contribution is 2.09. The van der Waals surface area contributed by atoms with Crippen molar-refractivity contribution in [2.45, 2.75) is 26.7 Å². The lowest BCUT2D eigenvalue weighted by Gasteiger charge is -2.11. The Hall–Kier alpha value is -0.865. The third-order valence-electron chi connectivity index (χ3n) is 1.91. The minimum Gasteiger partial charge on any atom is -0.423 e. The number of aryl methyl sites for hydroxylation is 1. The Morgan fingerprint density at radius 3 is 2.46 bits per heavy atom. The van der Waals surface area contributed by atoms with Crippen molar-refractivity contribution in [3.63, 3.8) is 0 Å². The standard InChI is InChI=1S/C9H14BNO2/c1-6(2)9-8(10(12)13)4-7(3)5-11-9/h4-6,12-13H,1-3H3. The molecule has 0 amide bonds. The second kappa shape index (κ2) is 3.90. The second-order valence-electron chi connectivity index (χ2n) is 3.52. The van der Waals surface area contributed by atoms with Gasteiger partial charge in [-0.25, -0.2) is 0 Å². The maximum Gasteiger partial charge on any atom is 0.490 e. The van der Waals surface area contributed by atoms with Crippen LogP contribution in [-0.2, 0) is 0 Å². The summed E-state index contributed by atoms with van der Waals surface area (Å²) in [5.74, 6) is 0.206. The lowest BCUT2D eigenvalue weighted by atomic mass is 9.76. The molecule has 2 N–H and O–H groups in total. The van der Waals surface area contributed by atoms with Crippen molar-refractivity contribution in [2.24, 2.45) is 0 Å². The highest BCUT2D eigenvalue weighted by molar-refractivity contribution is 6.59. The summed E-state index contributed by atoms with van der Waals surface area (Å²) in [4.78, 5) is 4.18. The summed E-state index contributed by atoms with van der Waals surface area (Å²) in [7, 11) is -1.43. The van der Waals surface area contributed by atoms with Gasteiger partial charge in [-0.15, -0.1) is 0 Å². The molecule has 0 aliphatic rings. The molecule has 13 heavy (non-hydrogen) atoms. The average Bonchev–Trinajstić information content (AvgIpc) is 2.03. The molecular weight excluding hydrogens is 165 g/mol. The zero-order valence-electron chi connectivity index (χ0n) is 8.15. The van der Waals surface area contributed by atoms with Crippen LogP contribution in [0, 0.1) is 6.92 Å². The van der Waals surface area contributed by atoms with Crippen LogP contribution in [0.4, 0.5) is 0 Å². The third kappa shape index (κ3) is 2.29. The van der Waals surface area contributed by atoms with E-state index < -0.39 is 7.12 Å². The Morgan fingerprint density at radius 1 is 1.38 bits per heavy atom. The number of hydrogen-bond donors (Lipinski definition) is 2. The summed E-state index contributed by atoms with van der Waals surface area (Å²) in [5, 5.41) is 18.2. The van der Waals surface area contributed by atoms with Crippen LogP contribution in [0.3, 0.4) is 0 Å². The fourth-order valence-electron chi connectivity index (χ4n) is 1.29. The first-order valence-corrected chi connectivity index (χ1v) is 4.35. The number of nitrogens with zero attached hydrogens (tertiary/aromatic N) is 1. The van der Waals surface area contributed by atoms with Crippen LogP contribution >= 0.6 is 0 Å². The monoisotopic (exact) mass is 179 g/mol. The molecule has 1 aromatic rings. The molecule has 1 heterocycles. The molecule has 1 aromatic heterocycles. The molecule has 0 aliphatic heterocycles. The van der Waals surface area contributed by atoms with E-state index in [4.69, 9.17) is 10.0 Å². The smallest absolute Gasteiger partial charge is 0.423 e. The molecule has 0 bridgehead atoms. The largest absolute Gasteiger partial charge is 0.490 e. The molecule has 4 heteroatoms. The van der Waals surface area contributed by atoms with Crippen LogP contribution in [0.5, 0.6) is 0 Å². The Kier molecular flexibility index (Phi) is 3.06. The molecule has 0 spiro atoms. The summed E-state index contributed by atoms with van der Waals surface area (Å²) in [6, 6.07) is 1.76. The predicted molar refractivity (Wildman–Crippen MR) is 52.9 cm³/mol. The van der Waals surface area contributed by atoms with Crippen molar-refractivity contribution in [2.75, 3.05) is 0 Å². The molecule has 0 saturated carbocycles. The van der Waals surface area contributed by atoms with Crippen molar-refractivity contribution in [3.05, 3.63) is 23.5 Å². The van der Waals surface area contributed by atoms with Gasteiger partial charge in [0.1, 0.15) is 0 Å². The highest BCUT2D eigenvalue weighted by Gasteiger charge is 2.18. The van der Waals surface area contributed by atoms with E-state index in [1.807, 2.05) is 20.8 Å². The van der Waals surface area contributed by atoms with Gasteiger partial charge in [-0.05, 0) is 18.4 Å². The molecule has 0 saturated heterocycles. The maximum atomic E-state index is 9.09. The third-order valence-corrected chi connectivity index (χ3v) is 1.91. The van der Waals surface area contributed by atoms with E-state index in [1.54, 1.807) is 12.3 Å². The van der Waals surface area contributed by atoms with Crippen molar-refractivity contribution < 1.29 is 10.0 Å². The molecule has 0 radical (unpaired) electrons. The molecule has 70 valence electrons. The van der Waals surface area contributed by atoms with Gasteiger partial charge in [0.15, 0.2) is 0 Å². The van der Waals surface area contributed by atoms with Crippen LogP contribution in [0.25, 0.3) is 0 Å². The first-order valence-electron chi connectivity index (χ1n) is 4.35. The Balaban J connectivity index is 3.19. The van der Waals surface area contributed by atoms with Gasteiger partial charge in [0, 0.05) is 17.4 Å². The zero-order valence-corrected chi connectivity index (χ0v) is 8.15. The predicted octanol–water partition coefficient (Wildman–Crippen LogP) is 0.193. The van der Waals surface area contributed by atoms with E-state index in [-0.39, 0.29) is 5.92 Å². The first kappa shape index (κ1) is 10.2. The number of aromatic nitrogens is 1. The SMILES string of the molecule is Cc1cnc(C(C)C)c(B(O)O)c1. The van der Waals surface area contributed by atoms with Gasteiger partial charge in [-0.2, -0.15) is 0 Å². The summed E-state index contributed by atoms with van der Waals surface area (Å²) in [5.41, 5.74) is 2.20. The fourth-order valence-corrected chi connectivity index (χ4v) is 1.29. The summed E-state index contributed by atoms with van der Waals surface area (Å²) in [6.45, 7) is 5.83. The van der Waals surface area contributed by atoms with Crippen molar-refractivity contribution in [1.29, 1.82) is 0 Å². The maximum absolute atomic E-state index is 9.09. The fraction of sp³-hybridized carbons (Fsp3) is 0.444. The van der Waals surface area contributed by atoms with Gasteiger partial charge in [-0.3, -0.25) is 4.98 Å². The molecule has 0 aromatic carbocycles. The van der Waals surface area contributed by atoms with Crippen molar-refractivity contribution in [3.8, 4) is 0 Å². The van der Waals surface area contributed by atoms with Gasteiger partial charge in [0.2, 0.25) is 0 Å². The molecule has 1 rings (SSSR count). The van der Waals surface area contributed by atoms with E-state index in [0.29, 0.717) is 5.46 Å². The van der Waals surface area contributed by atoms with E-state index in [0.717, 1.165) is 11.3 Å². The van der Waals surface area contributed by atoms with E-state index in [2.05, 4.69) is 4.98 Å². The molecule has 0 unspecified atom stereocenters. The zero-order chi connectivity index (χ0) is 10.0. The topological polar surface area (TPSA) is 53.4 Å². The normalized spacial score (nSPS) is 10.6. The van der Waals surface area contributed by atoms with Gasteiger partial charge in [-0.1, -0.05) is 19.9 Å². The van der Waals surface area contributed by atoms with Gasteiger partial charge in [0.25, 0.3) is 0 Å². The van der Waals surface area contributed by atoms with Crippen molar-refractivity contribution in [1.82, 2.24) is 4.98 Å². The van der Waals surface area contributed by atoms with E-state index in [9.17, 15) is 0 Å². The molecular formula is C9H14BNO2. The van der Waals surface area contributed by atoms with E-state index in [1.165, 1.54) is 0 Å². The van der Waals surface area contributed by atoms with E-state index >= 15 is 0 Å². The summed E-state index contributed by atoms with van der Waals surface area (Å²) in [6.07, 6.45) is 1.74. The first-order chi connectivity index (χ1) is 6.02. The van der Waals surface area contributed by atoms with Crippen LogP contribution in [0.2, 0.25) is 0 Å². The number of pyridine rings is 1. The van der Waals surface area contributed by atoms with Crippen LogP contribution in [-0.4, -0.2) is 22.2 Å². The Bertz CT molecular complexity index is 300. The van der Waals surface area contributed by atoms with Crippen molar-refractivity contribution >= 4 is 12.6 Å². The van der Waals surface area contributed by atoms with Crippen LogP contribution < -0.4 is 5.46 Å². The molecule has 0 aliphatic carbocycles.